The quantitative estimate of drug-likeness (QED) is 0.814. The van der Waals surface area contributed by atoms with Gasteiger partial charge in [-0.15, -0.1) is 0 Å². The van der Waals surface area contributed by atoms with Crippen LogP contribution in [0, 0.1) is 11.8 Å². The first-order chi connectivity index (χ1) is 8.65. The Balaban J connectivity index is 1.58. The number of hydrogen-bond donors (Lipinski definition) is 1. The third kappa shape index (κ3) is 2.18. The molecule has 2 heterocycles. The molecule has 0 aromatic heterocycles. The molecule has 18 heavy (non-hydrogen) atoms. The smallest absolute Gasteiger partial charge is 0.224 e. The summed E-state index contributed by atoms with van der Waals surface area (Å²) in [6.45, 7) is 5.75. The Labute approximate surface area is 110 Å². The first kappa shape index (κ1) is 12.5. The van der Waals surface area contributed by atoms with Gasteiger partial charge >= 0.3 is 0 Å². The summed E-state index contributed by atoms with van der Waals surface area (Å²) >= 11 is 0. The highest BCUT2D eigenvalue weighted by Gasteiger charge is 2.43. The normalized spacial score (nSPS) is 44.4. The Bertz CT molecular complexity index is 330. The minimum absolute atomic E-state index is 0.382. The first-order valence-electron chi connectivity index (χ1n) is 7.70. The molecule has 1 saturated carbocycles. The van der Waals surface area contributed by atoms with Crippen molar-refractivity contribution in [3.05, 3.63) is 0 Å². The van der Waals surface area contributed by atoms with Crippen molar-refractivity contribution in [1.29, 1.82) is 0 Å². The van der Waals surface area contributed by atoms with Gasteiger partial charge in [0.1, 0.15) is 0 Å². The molecule has 1 amide bonds. The van der Waals surface area contributed by atoms with Gasteiger partial charge in [0.15, 0.2) is 0 Å². The molecule has 3 nitrogen and oxygen atoms in total. The highest BCUT2D eigenvalue weighted by Crippen LogP contribution is 2.33. The van der Waals surface area contributed by atoms with Gasteiger partial charge in [-0.2, -0.15) is 0 Å². The maximum Gasteiger partial charge on any atom is 0.224 e. The van der Waals surface area contributed by atoms with Gasteiger partial charge < -0.3 is 10.2 Å². The molecule has 102 valence electrons. The lowest BCUT2D eigenvalue weighted by molar-refractivity contribution is -0.127. The van der Waals surface area contributed by atoms with Crippen LogP contribution in [-0.2, 0) is 4.79 Å². The predicted molar refractivity (Wildman–Crippen MR) is 72.2 cm³/mol. The van der Waals surface area contributed by atoms with E-state index in [9.17, 15) is 4.79 Å². The average molecular weight is 250 g/mol. The molecular weight excluding hydrogens is 224 g/mol. The number of carbonyl (C=O) groups is 1. The lowest BCUT2D eigenvalue weighted by atomic mass is 9.79. The molecule has 0 aromatic rings. The van der Waals surface area contributed by atoms with Crippen LogP contribution in [-0.4, -0.2) is 35.5 Å². The summed E-state index contributed by atoms with van der Waals surface area (Å²) in [6, 6.07) is 1.59. The van der Waals surface area contributed by atoms with Crippen molar-refractivity contribution < 1.29 is 4.79 Å². The molecule has 3 rings (SSSR count). The fourth-order valence-corrected chi connectivity index (χ4v) is 4.13. The molecular formula is C15H26N2O. The van der Waals surface area contributed by atoms with Gasteiger partial charge in [-0.3, -0.25) is 4.79 Å². The Kier molecular flexibility index (Phi) is 3.35. The van der Waals surface area contributed by atoms with E-state index < -0.39 is 0 Å². The molecule has 0 bridgehead atoms. The van der Waals surface area contributed by atoms with Gasteiger partial charge in [0.05, 0.1) is 0 Å². The number of nitrogens with one attached hydrogen (secondary N) is 1. The Morgan fingerprint density at radius 3 is 2.78 bits per heavy atom. The van der Waals surface area contributed by atoms with Gasteiger partial charge in [0.25, 0.3) is 0 Å². The van der Waals surface area contributed by atoms with Crippen molar-refractivity contribution in [2.45, 2.75) is 70.5 Å². The van der Waals surface area contributed by atoms with Crippen LogP contribution >= 0.6 is 0 Å². The number of nitrogens with zero attached hydrogens (tertiary/aromatic N) is 1. The average Bonchev–Trinajstić information content (AvgIpc) is 2.90. The van der Waals surface area contributed by atoms with E-state index in [2.05, 4.69) is 24.1 Å². The van der Waals surface area contributed by atoms with Crippen LogP contribution in [0.1, 0.15) is 52.4 Å². The van der Waals surface area contributed by atoms with Crippen LogP contribution < -0.4 is 5.32 Å². The van der Waals surface area contributed by atoms with Crippen molar-refractivity contribution in [3.63, 3.8) is 0 Å². The van der Waals surface area contributed by atoms with Crippen molar-refractivity contribution in [1.82, 2.24) is 10.2 Å². The molecule has 2 aliphatic heterocycles. The molecule has 1 N–H and O–H groups in total. The number of hydrogen-bond acceptors (Lipinski definition) is 2. The predicted octanol–water partition coefficient (Wildman–Crippen LogP) is 2.16. The molecule has 0 spiro atoms. The van der Waals surface area contributed by atoms with E-state index in [0.29, 0.717) is 24.0 Å². The summed E-state index contributed by atoms with van der Waals surface area (Å²) < 4.78 is 0. The number of amides is 1. The maximum absolute atomic E-state index is 11.9. The van der Waals surface area contributed by atoms with Crippen LogP contribution in [0.3, 0.4) is 0 Å². The maximum atomic E-state index is 11.9. The molecule has 5 atom stereocenters. The largest absolute Gasteiger partial charge is 0.338 e. The first-order valence-corrected chi connectivity index (χ1v) is 7.70. The SMILES string of the molecule is CC1CCC(NC2CC(=O)N3CCCC23)CC1C. The highest BCUT2D eigenvalue weighted by molar-refractivity contribution is 5.80. The topological polar surface area (TPSA) is 32.3 Å². The van der Waals surface area contributed by atoms with E-state index in [1.807, 2.05) is 0 Å². The second-order valence-electron chi connectivity index (χ2n) is 6.74. The minimum atomic E-state index is 0.382. The second-order valence-corrected chi connectivity index (χ2v) is 6.74. The summed E-state index contributed by atoms with van der Waals surface area (Å²) in [7, 11) is 0. The lowest BCUT2D eigenvalue weighted by Gasteiger charge is -2.35. The Hall–Kier alpha value is -0.570. The molecule has 0 aromatic carbocycles. The summed E-state index contributed by atoms with van der Waals surface area (Å²) in [5.41, 5.74) is 0. The van der Waals surface area contributed by atoms with Crippen LogP contribution in [0.25, 0.3) is 0 Å². The van der Waals surface area contributed by atoms with E-state index in [1.54, 1.807) is 0 Å². The zero-order chi connectivity index (χ0) is 12.7. The number of fused-ring (bicyclic) bond motifs is 1. The van der Waals surface area contributed by atoms with Gasteiger partial charge in [-0.05, 0) is 43.9 Å². The second kappa shape index (κ2) is 4.84. The van der Waals surface area contributed by atoms with Crippen LogP contribution in [0.2, 0.25) is 0 Å². The molecule has 0 radical (unpaired) electrons. The lowest BCUT2D eigenvalue weighted by Crippen LogP contribution is -2.46. The summed E-state index contributed by atoms with van der Waals surface area (Å²) in [4.78, 5) is 14.0. The van der Waals surface area contributed by atoms with E-state index in [0.717, 1.165) is 24.8 Å². The number of carbonyl (C=O) groups excluding carboxylic acids is 1. The fourth-order valence-electron chi connectivity index (χ4n) is 4.13. The minimum Gasteiger partial charge on any atom is -0.338 e. The van der Waals surface area contributed by atoms with Crippen molar-refractivity contribution in [2.24, 2.45) is 11.8 Å². The molecule has 5 unspecified atom stereocenters. The zero-order valence-corrected chi connectivity index (χ0v) is 11.7. The van der Waals surface area contributed by atoms with Gasteiger partial charge in [0, 0.05) is 31.1 Å². The van der Waals surface area contributed by atoms with E-state index in [4.69, 9.17) is 0 Å². The monoisotopic (exact) mass is 250 g/mol. The molecule has 3 aliphatic rings. The number of rotatable bonds is 2. The van der Waals surface area contributed by atoms with Crippen molar-refractivity contribution in [3.8, 4) is 0 Å². The molecule has 2 saturated heterocycles. The van der Waals surface area contributed by atoms with Gasteiger partial charge in [0.2, 0.25) is 5.91 Å². The molecule has 1 aliphatic carbocycles. The molecule has 3 heteroatoms. The van der Waals surface area contributed by atoms with Crippen molar-refractivity contribution in [2.75, 3.05) is 6.54 Å². The van der Waals surface area contributed by atoms with Gasteiger partial charge in [-0.25, -0.2) is 0 Å². The fraction of sp³-hybridized carbons (Fsp3) is 0.933. The van der Waals surface area contributed by atoms with Crippen molar-refractivity contribution >= 4 is 5.91 Å². The molecule has 3 fully saturated rings. The Morgan fingerprint density at radius 1 is 1.17 bits per heavy atom. The van der Waals surface area contributed by atoms with E-state index in [-0.39, 0.29) is 0 Å². The summed E-state index contributed by atoms with van der Waals surface area (Å²) in [5, 5.41) is 3.81. The summed E-state index contributed by atoms with van der Waals surface area (Å²) in [6.07, 6.45) is 7.08. The van der Waals surface area contributed by atoms with Crippen LogP contribution in [0.4, 0.5) is 0 Å². The van der Waals surface area contributed by atoms with E-state index >= 15 is 0 Å². The van der Waals surface area contributed by atoms with Gasteiger partial charge in [-0.1, -0.05) is 13.8 Å². The van der Waals surface area contributed by atoms with E-state index in [1.165, 1.54) is 32.1 Å². The third-order valence-electron chi connectivity index (χ3n) is 5.53. The summed E-state index contributed by atoms with van der Waals surface area (Å²) in [5.74, 6) is 2.08. The van der Waals surface area contributed by atoms with Crippen LogP contribution in [0.5, 0.6) is 0 Å². The zero-order valence-electron chi connectivity index (χ0n) is 11.7. The highest BCUT2D eigenvalue weighted by atomic mass is 16.2. The Morgan fingerprint density at radius 2 is 2.00 bits per heavy atom. The third-order valence-corrected chi connectivity index (χ3v) is 5.53. The van der Waals surface area contributed by atoms with Crippen LogP contribution in [0.15, 0.2) is 0 Å². The standard InChI is InChI=1S/C15H26N2O/c1-10-5-6-12(8-11(10)2)16-13-9-15(18)17-7-3-4-14(13)17/h10-14,16H,3-9H2,1-2H3.